The van der Waals surface area contributed by atoms with Crippen molar-refractivity contribution in [1.82, 2.24) is 10.2 Å². The van der Waals surface area contributed by atoms with Crippen LogP contribution in [0.15, 0.2) is 57.9 Å². The summed E-state index contributed by atoms with van der Waals surface area (Å²) in [4.78, 5) is 28.9. The maximum atomic E-state index is 13.2. The van der Waals surface area contributed by atoms with Crippen LogP contribution in [0.25, 0.3) is 0 Å². The molecule has 0 unspecified atom stereocenters. The largest absolute Gasteiger partial charge is 0.352 e. The molecule has 1 fully saturated rings. The lowest BCUT2D eigenvalue weighted by Gasteiger charge is -2.30. The molecule has 3 rings (SSSR count). The molecule has 0 aromatic heterocycles. The van der Waals surface area contributed by atoms with Gasteiger partial charge in [-0.1, -0.05) is 58.6 Å². The molecule has 0 saturated heterocycles. The fourth-order valence-electron chi connectivity index (χ4n) is 3.80. The Bertz CT molecular complexity index is 864. The van der Waals surface area contributed by atoms with E-state index in [1.807, 2.05) is 31.2 Å². The van der Waals surface area contributed by atoms with Crippen LogP contribution in [0.2, 0.25) is 0 Å². The molecule has 1 aliphatic carbocycles. The molecular weight excluding hydrogens is 472 g/mol. The zero-order valence-electron chi connectivity index (χ0n) is 18.3. The number of carbonyl (C=O) groups is 2. The standard InChI is InChI=1S/C25H31BrN2O2S/c1-18-7-13-23(14-8-18)31-16-15-24(29)28(17-20-9-11-21(26)12-10-20)19(2)25(30)27-22-5-3-4-6-22/h7-14,19,22H,3-6,15-17H2,1-2H3,(H,27,30)/t19-/m0/s1. The molecule has 6 heteroatoms. The number of nitrogens with zero attached hydrogens (tertiary/aromatic N) is 1. The molecule has 0 spiro atoms. The molecule has 2 amide bonds. The third kappa shape index (κ3) is 7.39. The molecule has 0 radical (unpaired) electrons. The first-order valence-corrected chi connectivity index (χ1v) is 12.7. The number of aryl methyl sites for hydroxylation is 1. The van der Waals surface area contributed by atoms with Gasteiger partial charge in [-0.25, -0.2) is 0 Å². The summed E-state index contributed by atoms with van der Waals surface area (Å²) in [6, 6.07) is 16.0. The highest BCUT2D eigenvalue weighted by atomic mass is 79.9. The van der Waals surface area contributed by atoms with Gasteiger partial charge in [-0.05, 0) is 56.5 Å². The van der Waals surface area contributed by atoms with Crippen LogP contribution in [0.3, 0.4) is 0 Å². The molecule has 1 saturated carbocycles. The Morgan fingerprint density at radius 2 is 1.74 bits per heavy atom. The van der Waals surface area contributed by atoms with E-state index in [2.05, 4.69) is 52.4 Å². The number of halogens is 1. The van der Waals surface area contributed by atoms with Gasteiger partial charge >= 0.3 is 0 Å². The normalized spacial score (nSPS) is 14.9. The molecule has 1 N–H and O–H groups in total. The lowest BCUT2D eigenvalue weighted by molar-refractivity contribution is -0.140. The zero-order valence-corrected chi connectivity index (χ0v) is 20.7. The summed E-state index contributed by atoms with van der Waals surface area (Å²) >= 11 is 5.13. The smallest absolute Gasteiger partial charge is 0.242 e. The molecule has 31 heavy (non-hydrogen) atoms. The monoisotopic (exact) mass is 502 g/mol. The van der Waals surface area contributed by atoms with Gasteiger partial charge in [-0.15, -0.1) is 11.8 Å². The van der Waals surface area contributed by atoms with Gasteiger partial charge in [0.15, 0.2) is 0 Å². The highest BCUT2D eigenvalue weighted by Crippen LogP contribution is 2.22. The first-order chi connectivity index (χ1) is 14.9. The van der Waals surface area contributed by atoms with Crippen LogP contribution in [0, 0.1) is 6.92 Å². The van der Waals surface area contributed by atoms with Crippen LogP contribution in [0.1, 0.15) is 50.2 Å². The lowest BCUT2D eigenvalue weighted by atomic mass is 10.1. The van der Waals surface area contributed by atoms with E-state index < -0.39 is 6.04 Å². The molecule has 1 aliphatic rings. The maximum Gasteiger partial charge on any atom is 0.242 e. The Morgan fingerprint density at radius 1 is 1.10 bits per heavy atom. The van der Waals surface area contributed by atoms with Gasteiger partial charge in [0.25, 0.3) is 0 Å². The van der Waals surface area contributed by atoms with E-state index in [0.29, 0.717) is 18.7 Å². The summed E-state index contributed by atoms with van der Waals surface area (Å²) in [5.74, 6) is 0.649. The number of nitrogens with one attached hydrogen (secondary N) is 1. The summed E-state index contributed by atoms with van der Waals surface area (Å²) < 4.78 is 0.996. The molecule has 0 bridgehead atoms. The van der Waals surface area contributed by atoms with Gasteiger partial charge in [-0.3, -0.25) is 9.59 Å². The molecule has 166 valence electrons. The molecular formula is C25H31BrN2O2S. The van der Waals surface area contributed by atoms with E-state index in [0.717, 1.165) is 40.6 Å². The van der Waals surface area contributed by atoms with E-state index in [4.69, 9.17) is 0 Å². The number of rotatable bonds is 9. The number of hydrogen-bond donors (Lipinski definition) is 1. The van der Waals surface area contributed by atoms with E-state index in [1.54, 1.807) is 16.7 Å². The van der Waals surface area contributed by atoms with Crippen LogP contribution >= 0.6 is 27.7 Å². The summed E-state index contributed by atoms with van der Waals surface area (Å²) in [6.07, 6.45) is 4.79. The summed E-state index contributed by atoms with van der Waals surface area (Å²) in [6.45, 7) is 4.34. The Kier molecular flexibility index (Phi) is 9.02. The van der Waals surface area contributed by atoms with Crippen molar-refractivity contribution in [3.05, 3.63) is 64.1 Å². The summed E-state index contributed by atoms with van der Waals surface area (Å²) in [5.41, 5.74) is 2.24. The predicted molar refractivity (Wildman–Crippen MR) is 131 cm³/mol. The fraction of sp³-hybridized carbons (Fsp3) is 0.440. The van der Waals surface area contributed by atoms with Crippen molar-refractivity contribution in [2.75, 3.05) is 5.75 Å². The molecule has 4 nitrogen and oxygen atoms in total. The first kappa shape index (κ1) is 23.9. The Hall–Kier alpha value is -1.79. The van der Waals surface area contributed by atoms with E-state index >= 15 is 0 Å². The van der Waals surface area contributed by atoms with Gasteiger partial charge in [0.05, 0.1) is 0 Å². The molecule has 0 aliphatic heterocycles. The van der Waals surface area contributed by atoms with E-state index in [9.17, 15) is 9.59 Å². The third-order valence-electron chi connectivity index (χ3n) is 5.74. The number of hydrogen-bond acceptors (Lipinski definition) is 3. The minimum atomic E-state index is -0.499. The Labute approximate surface area is 198 Å². The van der Waals surface area contributed by atoms with Gasteiger partial charge < -0.3 is 10.2 Å². The summed E-state index contributed by atoms with van der Waals surface area (Å²) in [7, 11) is 0. The van der Waals surface area contributed by atoms with Crippen LogP contribution in [-0.2, 0) is 16.1 Å². The van der Waals surface area contributed by atoms with Crippen LogP contribution < -0.4 is 5.32 Å². The van der Waals surface area contributed by atoms with Gasteiger partial charge in [-0.2, -0.15) is 0 Å². The SMILES string of the molecule is Cc1ccc(SCCC(=O)N(Cc2ccc(Br)cc2)[C@@H](C)C(=O)NC2CCCC2)cc1. The molecule has 2 aromatic carbocycles. The second kappa shape index (κ2) is 11.7. The quantitative estimate of drug-likeness (QED) is 0.446. The lowest BCUT2D eigenvalue weighted by Crippen LogP contribution is -2.49. The van der Waals surface area contributed by atoms with Crippen LogP contribution in [0.5, 0.6) is 0 Å². The van der Waals surface area contributed by atoms with E-state index in [-0.39, 0.29) is 17.9 Å². The van der Waals surface area contributed by atoms with E-state index in [1.165, 1.54) is 5.56 Å². The highest BCUT2D eigenvalue weighted by molar-refractivity contribution is 9.10. The van der Waals surface area contributed by atoms with Crippen molar-refractivity contribution in [2.45, 2.75) is 69.5 Å². The number of amides is 2. The topological polar surface area (TPSA) is 49.4 Å². The minimum absolute atomic E-state index is 0.0107. The van der Waals surface area contributed by atoms with Crippen LogP contribution in [-0.4, -0.2) is 34.6 Å². The molecule has 0 heterocycles. The van der Waals surface area contributed by atoms with Crippen molar-refractivity contribution in [1.29, 1.82) is 0 Å². The Morgan fingerprint density at radius 3 is 2.39 bits per heavy atom. The van der Waals surface area contributed by atoms with Gasteiger partial charge in [0.2, 0.25) is 11.8 Å². The first-order valence-electron chi connectivity index (χ1n) is 11.0. The van der Waals surface area contributed by atoms with Crippen LogP contribution in [0.4, 0.5) is 0 Å². The number of thioether (sulfide) groups is 1. The van der Waals surface area contributed by atoms with Crippen molar-refractivity contribution in [3.63, 3.8) is 0 Å². The third-order valence-corrected chi connectivity index (χ3v) is 7.28. The van der Waals surface area contributed by atoms with Crippen molar-refractivity contribution < 1.29 is 9.59 Å². The predicted octanol–water partition coefficient (Wildman–Crippen LogP) is 5.72. The Balaban J connectivity index is 1.64. The van der Waals surface area contributed by atoms with Crippen molar-refractivity contribution >= 4 is 39.5 Å². The van der Waals surface area contributed by atoms with Gasteiger partial charge in [0.1, 0.15) is 6.04 Å². The van der Waals surface area contributed by atoms with Crippen molar-refractivity contribution in [3.8, 4) is 0 Å². The second-order valence-corrected chi connectivity index (χ2v) is 10.3. The maximum absolute atomic E-state index is 13.2. The second-order valence-electron chi connectivity index (χ2n) is 8.23. The minimum Gasteiger partial charge on any atom is -0.352 e. The molecule has 1 atom stereocenters. The number of carbonyl (C=O) groups excluding carboxylic acids is 2. The van der Waals surface area contributed by atoms with Gasteiger partial charge in [0, 0.05) is 34.1 Å². The van der Waals surface area contributed by atoms with Crippen molar-refractivity contribution in [2.24, 2.45) is 0 Å². The molecule has 2 aromatic rings. The fourth-order valence-corrected chi connectivity index (χ4v) is 4.90. The number of benzene rings is 2. The zero-order chi connectivity index (χ0) is 22.2. The highest BCUT2D eigenvalue weighted by Gasteiger charge is 2.28. The average molecular weight is 504 g/mol. The average Bonchev–Trinajstić information content (AvgIpc) is 3.27. The summed E-state index contributed by atoms with van der Waals surface area (Å²) in [5, 5.41) is 3.15.